The summed E-state index contributed by atoms with van der Waals surface area (Å²) < 4.78 is 0. The van der Waals surface area contributed by atoms with E-state index in [0.29, 0.717) is 5.56 Å². The Morgan fingerprint density at radius 1 is 1.17 bits per heavy atom. The average molecular weight is 258 g/mol. The van der Waals surface area contributed by atoms with Crippen molar-refractivity contribution in [2.75, 3.05) is 0 Å². The molecule has 0 N–H and O–H groups in total. The van der Waals surface area contributed by atoms with Crippen molar-refractivity contribution in [2.45, 2.75) is 30.8 Å². The molecule has 0 aliphatic carbocycles. The van der Waals surface area contributed by atoms with Crippen molar-refractivity contribution in [2.24, 2.45) is 0 Å². The highest BCUT2D eigenvalue weighted by Gasteiger charge is 2.04. The maximum Gasteiger partial charge on any atom is 0.161 e. The Morgan fingerprint density at radius 2 is 1.94 bits per heavy atom. The third kappa shape index (κ3) is 3.17. The number of aromatic nitrogens is 2. The van der Waals surface area contributed by atoms with E-state index in [2.05, 4.69) is 9.97 Å². The van der Waals surface area contributed by atoms with E-state index in [1.807, 2.05) is 32.0 Å². The largest absolute Gasteiger partial charge is 0.294 e. The molecule has 0 fully saturated rings. The smallest absolute Gasteiger partial charge is 0.161 e. The number of hydrogen-bond acceptors (Lipinski definition) is 4. The Bertz CT molecular complexity index is 559. The molecule has 0 aliphatic rings. The van der Waals surface area contributed by atoms with Crippen LogP contribution in [0.15, 0.2) is 40.5 Å². The predicted molar refractivity (Wildman–Crippen MR) is 72.1 cm³/mol. The van der Waals surface area contributed by atoms with Gasteiger partial charge >= 0.3 is 0 Å². The van der Waals surface area contributed by atoms with Crippen LogP contribution in [0.4, 0.5) is 0 Å². The Morgan fingerprint density at radius 3 is 2.50 bits per heavy atom. The molecule has 2 aromatic rings. The molecule has 3 nitrogen and oxygen atoms in total. The van der Waals surface area contributed by atoms with Crippen LogP contribution in [0.5, 0.6) is 0 Å². The van der Waals surface area contributed by atoms with E-state index >= 15 is 0 Å². The van der Waals surface area contributed by atoms with Crippen LogP contribution in [0.2, 0.25) is 0 Å². The van der Waals surface area contributed by atoms with Crippen LogP contribution in [0, 0.1) is 13.8 Å². The van der Waals surface area contributed by atoms with E-state index in [4.69, 9.17) is 0 Å². The van der Waals surface area contributed by atoms with E-state index in [0.717, 1.165) is 15.7 Å². The summed E-state index contributed by atoms with van der Waals surface area (Å²) in [5.41, 5.74) is 2.82. The van der Waals surface area contributed by atoms with Crippen molar-refractivity contribution in [3.05, 3.63) is 47.3 Å². The van der Waals surface area contributed by atoms with Gasteiger partial charge in [-0.15, -0.1) is 0 Å². The molecule has 0 aromatic carbocycles. The molecule has 92 valence electrons. The van der Waals surface area contributed by atoms with E-state index in [1.54, 1.807) is 12.3 Å². The van der Waals surface area contributed by atoms with E-state index in [9.17, 15) is 4.79 Å². The van der Waals surface area contributed by atoms with E-state index < -0.39 is 0 Å². The number of pyridine rings is 2. The SMILES string of the molecule is CC(=O)c1ccc(Sc2cc(C)cc(C)n2)nc1. The molecule has 0 atom stereocenters. The number of hydrogen-bond donors (Lipinski definition) is 0. The van der Waals surface area contributed by atoms with Gasteiger partial charge < -0.3 is 0 Å². The third-order valence-corrected chi connectivity index (χ3v) is 3.30. The number of carbonyl (C=O) groups is 1. The summed E-state index contributed by atoms with van der Waals surface area (Å²) in [5.74, 6) is 0.0311. The Hall–Kier alpha value is -1.68. The van der Waals surface area contributed by atoms with Crippen molar-refractivity contribution in [3.63, 3.8) is 0 Å². The van der Waals surface area contributed by atoms with Crippen LogP contribution in [0.25, 0.3) is 0 Å². The number of nitrogens with zero attached hydrogens (tertiary/aromatic N) is 2. The van der Waals surface area contributed by atoms with Crippen LogP contribution in [-0.4, -0.2) is 15.8 Å². The zero-order valence-electron chi connectivity index (χ0n) is 10.6. The second-order valence-electron chi connectivity index (χ2n) is 4.17. The third-order valence-electron chi connectivity index (χ3n) is 2.43. The van der Waals surface area contributed by atoms with Crippen molar-refractivity contribution in [1.82, 2.24) is 9.97 Å². The van der Waals surface area contributed by atoms with Gasteiger partial charge in [-0.2, -0.15) is 0 Å². The minimum absolute atomic E-state index is 0.0311. The number of ketones is 1. The average Bonchev–Trinajstić information content (AvgIpc) is 2.28. The van der Waals surface area contributed by atoms with Crippen molar-refractivity contribution < 1.29 is 4.79 Å². The fraction of sp³-hybridized carbons (Fsp3) is 0.214. The number of Topliss-reactive ketones (excluding diaryl/α,β-unsaturated/α-hetero) is 1. The van der Waals surface area contributed by atoms with Gasteiger partial charge in [-0.25, -0.2) is 9.97 Å². The maximum absolute atomic E-state index is 11.1. The fourth-order valence-electron chi connectivity index (χ4n) is 1.61. The minimum atomic E-state index is 0.0311. The highest BCUT2D eigenvalue weighted by atomic mass is 32.2. The molecule has 0 saturated heterocycles. The zero-order chi connectivity index (χ0) is 13.1. The highest BCUT2D eigenvalue weighted by Crippen LogP contribution is 2.25. The van der Waals surface area contributed by atoms with E-state index in [1.165, 1.54) is 24.2 Å². The van der Waals surface area contributed by atoms with Crippen molar-refractivity contribution >= 4 is 17.5 Å². The van der Waals surface area contributed by atoms with Crippen LogP contribution in [0.1, 0.15) is 28.5 Å². The predicted octanol–water partition coefficient (Wildman–Crippen LogP) is 3.45. The second kappa shape index (κ2) is 5.31. The molecular weight excluding hydrogens is 244 g/mol. The molecule has 18 heavy (non-hydrogen) atoms. The van der Waals surface area contributed by atoms with Gasteiger partial charge in [-0.1, -0.05) is 11.8 Å². The summed E-state index contributed by atoms with van der Waals surface area (Å²) in [5, 5.41) is 1.77. The van der Waals surface area contributed by atoms with Crippen LogP contribution in [-0.2, 0) is 0 Å². The van der Waals surface area contributed by atoms with Gasteiger partial charge in [0.2, 0.25) is 0 Å². The molecule has 2 rings (SSSR count). The van der Waals surface area contributed by atoms with Gasteiger partial charge in [-0.05, 0) is 50.6 Å². The molecule has 0 saturated carbocycles. The summed E-state index contributed by atoms with van der Waals surface area (Å²) in [4.78, 5) is 19.8. The van der Waals surface area contributed by atoms with Gasteiger partial charge in [0, 0.05) is 17.5 Å². The first kappa shape index (κ1) is 12.8. The van der Waals surface area contributed by atoms with Crippen molar-refractivity contribution in [3.8, 4) is 0 Å². The Labute approximate surface area is 111 Å². The van der Waals surface area contributed by atoms with Gasteiger partial charge in [0.1, 0.15) is 10.1 Å². The molecule has 0 bridgehead atoms. The molecule has 4 heteroatoms. The molecule has 0 aliphatic heterocycles. The second-order valence-corrected chi connectivity index (χ2v) is 5.21. The summed E-state index contributed by atoms with van der Waals surface area (Å²) >= 11 is 1.50. The summed E-state index contributed by atoms with van der Waals surface area (Å²) in [6.07, 6.45) is 1.60. The lowest BCUT2D eigenvalue weighted by Crippen LogP contribution is -1.93. The maximum atomic E-state index is 11.1. The summed E-state index contributed by atoms with van der Waals surface area (Å²) in [7, 11) is 0. The Balaban J connectivity index is 2.20. The number of aryl methyl sites for hydroxylation is 2. The normalized spacial score (nSPS) is 10.4. The quantitative estimate of drug-likeness (QED) is 0.791. The Kier molecular flexibility index (Phi) is 3.77. The highest BCUT2D eigenvalue weighted by molar-refractivity contribution is 7.99. The number of rotatable bonds is 3. The fourth-order valence-corrected chi connectivity index (χ4v) is 2.50. The lowest BCUT2D eigenvalue weighted by molar-refractivity contribution is 0.101. The van der Waals surface area contributed by atoms with Crippen LogP contribution >= 0.6 is 11.8 Å². The summed E-state index contributed by atoms with van der Waals surface area (Å²) in [6.45, 7) is 5.56. The van der Waals surface area contributed by atoms with Crippen LogP contribution in [0.3, 0.4) is 0 Å². The molecule has 2 aromatic heterocycles. The van der Waals surface area contributed by atoms with Crippen LogP contribution < -0.4 is 0 Å². The monoisotopic (exact) mass is 258 g/mol. The molecule has 0 spiro atoms. The molecule has 0 amide bonds. The van der Waals surface area contributed by atoms with E-state index in [-0.39, 0.29) is 5.78 Å². The first-order chi connectivity index (χ1) is 8.54. The van der Waals surface area contributed by atoms with Crippen molar-refractivity contribution in [1.29, 1.82) is 0 Å². The molecule has 0 unspecified atom stereocenters. The minimum Gasteiger partial charge on any atom is -0.294 e. The molecule has 0 radical (unpaired) electrons. The molecule has 2 heterocycles. The first-order valence-electron chi connectivity index (χ1n) is 5.65. The summed E-state index contributed by atoms with van der Waals surface area (Å²) in [6, 6.07) is 7.70. The zero-order valence-corrected chi connectivity index (χ0v) is 11.4. The number of carbonyl (C=O) groups excluding carboxylic acids is 1. The van der Waals surface area contributed by atoms with Gasteiger partial charge in [0.15, 0.2) is 5.78 Å². The molecular formula is C14H14N2OS. The lowest BCUT2D eigenvalue weighted by Gasteiger charge is -2.03. The lowest BCUT2D eigenvalue weighted by atomic mass is 10.2. The van der Waals surface area contributed by atoms with Gasteiger partial charge in [-0.3, -0.25) is 4.79 Å². The standard InChI is InChI=1S/C14H14N2OS/c1-9-6-10(2)16-14(7-9)18-13-5-4-12(8-15-13)11(3)17/h4-8H,1-3H3. The topological polar surface area (TPSA) is 42.9 Å². The van der Waals surface area contributed by atoms with Gasteiger partial charge in [0.05, 0.1) is 0 Å². The first-order valence-corrected chi connectivity index (χ1v) is 6.46. The van der Waals surface area contributed by atoms with Gasteiger partial charge in [0.25, 0.3) is 0 Å².